The molecule has 4 aliphatic carbocycles. The third kappa shape index (κ3) is 5.93. The molecule has 4 saturated carbocycles. The Hall–Kier alpha value is -2.04. The molecule has 5 rings (SSSR count). The smallest absolute Gasteiger partial charge is 0.253 e. The van der Waals surface area contributed by atoms with Gasteiger partial charge in [-0.2, -0.15) is 0 Å². The second-order valence-corrected chi connectivity index (χ2v) is 15.6. The van der Waals surface area contributed by atoms with Crippen molar-refractivity contribution in [2.45, 2.75) is 125 Å². The minimum absolute atomic E-state index is 0.107. The highest BCUT2D eigenvalue weighted by atomic mass is 16.2. The highest BCUT2D eigenvalue weighted by Crippen LogP contribution is 2.68. The van der Waals surface area contributed by atoms with Crippen molar-refractivity contribution >= 4 is 23.2 Å². The second kappa shape index (κ2) is 11.9. The minimum atomic E-state index is -0.201. The lowest BCUT2D eigenvalue weighted by Crippen LogP contribution is -2.55. The SMILES string of the molecule is CC(=O)Nc1cc(N)ccc1C(=O)N[C@@H]1CC[C@@]2(C)C(CC[C@H]3[C@@H]4CC[C@H]([C@H](C)CCCC(C)C)[C@@]4(C)CC[C@@H]32)C1. The quantitative estimate of drug-likeness (QED) is 0.277. The third-order valence-corrected chi connectivity index (χ3v) is 12.8. The van der Waals surface area contributed by atoms with Crippen molar-refractivity contribution in [1.29, 1.82) is 0 Å². The van der Waals surface area contributed by atoms with Crippen LogP contribution in [0.1, 0.15) is 129 Å². The van der Waals surface area contributed by atoms with Crippen molar-refractivity contribution < 1.29 is 9.59 Å². The molecule has 4 fully saturated rings. The topological polar surface area (TPSA) is 84.2 Å². The van der Waals surface area contributed by atoms with Crippen LogP contribution in [-0.2, 0) is 4.79 Å². The van der Waals surface area contributed by atoms with Crippen LogP contribution in [0.4, 0.5) is 11.4 Å². The van der Waals surface area contributed by atoms with Crippen molar-refractivity contribution in [1.82, 2.24) is 5.32 Å². The van der Waals surface area contributed by atoms with Gasteiger partial charge in [-0.1, -0.05) is 53.9 Å². The molecule has 1 aromatic rings. The normalized spacial score (nSPS) is 37.0. The molecule has 0 spiro atoms. The molecular weight excluding hydrogens is 506 g/mol. The molecule has 0 heterocycles. The number of carbonyl (C=O) groups is 2. The van der Waals surface area contributed by atoms with Crippen LogP contribution < -0.4 is 16.4 Å². The minimum Gasteiger partial charge on any atom is -0.399 e. The van der Waals surface area contributed by atoms with E-state index in [9.17, 15) is 9.59 Å². The van der Waals surface area contributed by atoms with Crippen molar-refractivity contribution in [3.8, 4) is 0 Å². The molecule has 0 aliphatic heterocycles. The Labute approximate surface area is 249 Å². The maximum absolute atomic E-state index is 13.3. The highest BCUT2D eigenvalue weighted by Gasteiger charge is 2.60. The molecular formula is C36H57N3O2. The van der Waals surface area contributed by atoms with E-state index in [0.29, 0.717) is 33.7 Å². The number of anilines is 2. The Morgan fingerprint density at radius 1 is 0.951 bits per heavy atom. The molecule has 5 nitrogen and oxygen atoms in total. The molecule has 1 unspecified atom stereocenters. The van der Waals surface area contributed by atoms with E-state index in [-0.39, 0.29) is 17.9 Å². The van der Waals surface area contributed by atoms with Gasteiger partial charge in [0.2, 0.25) is 5.91 Å². The number of benzene rings is 1. The second-order valence-electron chi connectivity index (χ2n) is 15.6. The van der Waals surface area contributed by atoms with E-state index in [1.54, 1.807) is 18.2 Å². The molecule has 4 aliphatic rings. The monoisotopic (exact) mass is 563 g/mol. The molecule has 41 heavy (non-hydrogen) atoms. The first-order valence-corrected chi connectivity index (χ1v) is 16.9. The number of nitrogen functional groups attached to an aromatic ring is 1. The average molecular weight is 564 g/mol. The van der Waals surface area contributed by atoms with Crippen molar-refractivity contribution in [3.63, 3.8) is 0 Å². The summed E-state index contributed by atoms with van der Waals surface area (Å²) in [5.41, 5.74) is 8.39. The number of hydrogen-bond acceptors (Lipinski definition) is 3. The van der Waals surface area contributed by atoms with Crippen molar-refractivity contribution in [3.05, 3.63) is 23.8 Å². The van der Waals surface area contributed by atoms with Gasteiger partial charge in [0.1, 0.15) is 0 Å². The largest absolute Gasteiger partial charge is 0.399 e. The Morgan fingerprint density at radius 2 is 1.68 bits per heavy atom. The van der Waals surface area contributed by atoms with Crippen molar-refractivity contribution in [2.75, 3.05) is 11.1 Å². The summed E-state index contributed by atoms with van der Waals surface area (Å²) in [4.78, 5) is 25.1. The number of carbonyl (C=O) groups excluding carboxylic acids is 2. The maximum Gasteiger partial charge on any atom is 0.253 e. The first-order valence-electron chi connectivity index (χ1n) is 16.9. The molecule has 0 saturated heterocycles. The zero-order chi connectivity index (χ0) is 29.5. The van der Waals surface area contributed by atoms with Crippen LogP contribution in [0, 0.1) is 52.3 Å². The summed E-state index contributed by atoms with van der Waals surface area (Å²) in [6, 6.07) is 5.33. The third-order valence-electron chi connectivity index (χ3n) is 12.8. The first kappa shape index (κ1) is 30.4. The first-order chi connectivity index (χ1) is 19.4. The van der Waals surface area contributed by atoms with Crippen LogP contribution in [0.25, 0.3) is 0 Å². The van der Waals surface area contributed by atoms with Gasteiger partial charge in [-0.3, -0.25) is 9.59 Å². The molecule has 5 heteroatoms. The van der Waals surface area contributed by atoms with Gasteiger partial charge in [0, 0.05) is 18.7 Å². The fraction of sp³-hybridized carbons (Fsp3) is 0.778. The highest BCUT2D eigenvalue weighted by molar-refractivity contribution is 6.04. The van der Waals surface area contributed by atoms with E-state index in [0.717, 1.165) is 48.3 Å². The summed E-state index contributed by atoms with van der Waals surface area (Å²) >= 11 is 0. The lowest BCUT2D eigenvalue weighted by molar-refractivity contribution is -0.117. The van der Waals surface area contributed by atoms with Crippen molar-refractivity contribution in [2.24, 2.45) is 52.3 Å². The van der Waals surface area contributed by atoms with Gasteiger partial charge in [0.05, 0.1) is 11.3 Å². The summed E-state index contributed by atoms with van der Waals surface area (Å²) in [6.07, 6.45) is 15.9. The van der Waals surface area contributed by atoms with Gasteiger partial charge >= 0.3 is 0 Å². The molecule has 1 aromatic carbocycles. The summed E-state index contributed by atoms with van der Waals surface area (Å²) in [7, 11) is 0. The van der Waals surface area contributed by atoms with E-state index in [1.807, 2.05) is 0 Å². The van der Waals surface area contributed by atoms with Crippen LogP contribution in [0.3, 0.4) is 0 Å². The van der Waals surface area contributed by atoms with Crippen LogP contribution >= 0.6 is 0 Å². The fourth-order valence-electron chi connectivity index (χ4n) is 10.7. The number of amides is 2. The summed E-state index contributed by atoms with van der Waals surface area (Å²) in [5.74, 6) is 5.61. The Morgan fingerprint density at radius 3 is 2.41 bits per heavy atom. The molecule has 0 aromatic heterocycles. The van der Waals surface area contributed by atoms with Gasteiger partial charge in [0.25, 0.3) is 5.91 Å². The van der Waals surface area contributed by atoms with Gasteiger partial charge < -0.3 is 16.4 Å². The van der Waals surface area contributed by atoms with E-state index in [2.05, 4.69) is 45.3 Å². The van der Waals surface area contributed by atoms with E-state index < -0.39 is 0 Å². The maximum atomic E-state index is 13.3. The lowest BCUT2D eigenvalue weighted by atomic mass is 9.44. The standard InChI is InChI=1S/C36H57N3O2/c1-22(2)8-7-9-23(3)30-14-15-31-28-12-10-25-20-27(16-18-35(25,5)32(28)17-19-36(30,31)6)39-34(41)29-13-11-26(37)21-33(29)38-24(4)40/h11,13,21-23,25,27-28,30-32H,7-10,12,14-20,37H2,1-6H3,(H,38,40)(H,39,41)/t23-,25?,27-,28+,30-,31+,32+,35+,36-/m1/s1. The Balaban J connectivity index is 1.22. The molecule has 9 atom stereocenters. The molecule has 0 bridgehead atoms. The summed E-state index contributed by atoms with van der Waals surface area (Å²) in [5, 5.41) is 6.12. The molecule has 0 radical (unpaired) electrons. The van der Waals surface area contributed by atoms with Crippen LogP contribution in [0.2, 0.25) is 0 Å². The molecule has 2 amide bonds. The molecule has 228 valence electrons. The average Bonchev–Trinajstić information content (AvgIpc) is 3.25. The summed E-state index contributed by atoms with van der Waals surface area (Å²) in [6.45, 7) is 14.1. The zero-order valence-electron chi connectivity index (χ0n) is 26.7. The summed E-state index contributed by atoms with van der Waals surface area (Å²) < 4.78 is 0. The van der Waals surface area contributed by atoms with Crippen LogP contribution in [-0.4, -0.2) is 17.9 Å². The zero-order valence-corrected chi connectivity index (χ0v) is 26.7. The number of nitrogens with two attached hydrogens (primary N) is 1. The number of hydrogen-bond donors (Lipinski definition) is 3. The number of rotatable bonds is 8. The van der Waals surface area contributed by atoms with Gasteiger partial charge in [-0.05, 0) is 128 Å². The van der Waals surface area contributed by atoms with E-state index >= 15 is 0 Å². The Kier molecular flexibility index (Phi) is 8.84. The van der Waals surface area contributed by atoms with Crippen LogP contribution in [0.15, 0.2) is 18.2 Å². The van der Waals surface area contributed by atoms with Crippen LogP contribution in [0.5, 0.6) is 0 Å². The van der Waals surface area contributed by atoms with Gasteiger partial charge in [0.15, 0.2) is 0 Å². The number of nitrogens with one attached hydrogen (secondary N) is 2. The van der Waals surface area contributed by atoms with E-state index in [1.165, 1.54) is 71.1 Å². The van der Waals surface area contributed by atoms with Gasteiger partial charge in [-0.15, -0.1) is 0 Å². The predicted molar refractivity (Wildman–Crippen MR) is 169 cm³/mol. The Bertz CT molecular complexity index is 1120. The van der Waals surface area contributed by atoms with E-state index in [4.69, 9.17) is 5.73 Å². The number of fused-ring (bicyclic) bond motifs is 5. The predicted octanol–water partition coefficient (Wildman–Crippen LogP) is 8.45. The molecule has 4 N–H and O–H groups in total. The lowest BCUT2D eigenvalue weighted by Gasteiger charge is -2.61. The van der Waals surface area contributed by atoms with Gasteiger partial charge in [-0.25, -0.2) is 0 Å². The fourth-order valence-corrected chi connectivity index (χ4v) is 10.7.